The normalized spacial score (nSPS) is 13.0. The average molecular weight is 755 g/mol. The molecule has 1 heterocycles. The van der Waals surface area contributed by atoms with Crippen molar-refractivity contribution in [3.63, 3.8) is 0 Å². The summed E-state index contributed by atoms with van der Waals surface area (Å²) in [5.41, 5.74) is 14.1. The van der Waals surface area contributed by atoms with Crippen molar-refractivity contribution in [3.8, 4) is 22.3 Å². The molecule has 1 aliphatic heterocycles. The van der Waals surface area contributed by atoms with E-state index in [-0.39, 0.29) is 5.41 Å². The highest BCUT2D eigenvalue weighted by Gasteiger charge is 2.38. The van der Waals surface area contributed by atoms with Crippen molar-refractivity contribution in [2.24, 2.45) is 0 Å². The van der Waals surface area contributed by atoms with E-state index in [1.54, 1.807) is 0 Å². The minimum absolute atomic E-state index is 0.207. The summed E-state index contributed by atoms with van der Waals surface area (Å²) in [6, 6.07) is 80.2. The Morgan fingerprint density at radius 2 is 0.983 bits per heavy atom. The number of benzene rings is 10. The minimum Gasteiger partial charge on any atom is -0.310 e. The molecule has 0 radical (unpaired) electrons. The summed E-state index contributed by atoms with van der Waals surface area (Å²) in [5.74, 6) is 0. The lowest BCUT2D eigenvalue weighted by molar-refractivity contribution is 0.632. The van der Waals surface area contributed by atoms with E-state index in [0.29, 0.717) is 0 Å². The first-order chi connectivity index (χ1) is 29.0. The Kier molecular flexibility index (Phi) is 8.20. The van der Waals surface area contributed by atoms with E-state index in [1.165, 1.54) is 77.2 Å². The van der Waals surface area contributed by atoms with Gasteiger partial charge in [0, 0.05) is 33.1 Å². The molecule has 0 bridgehead atoms. The Labute approximate surface area is 345 Å². The summed E-state index contributed by atoms with van der Waals surface area (Å²) < 4.78 is 0. The molecule has 2 heteroatoms. The van der Waals surface area contributed by atoms with Crippen molar-refractivity contribution in [1.29, 1.82) is 0 Å². The van der Waals surface area contributed by atoms with Gasteiger partial charge in [0.15, 0.2) is 0 Å². The van der Waals surface area contributed by atoms with Gasteiger partial charge in [0.05, 0.1) is 22.7 Å². The van der Waals surface area contributed by atoms with Crippen LogP contribution >= 0.6 is 0 Å². The molecule has 1 aliphatic rings. The zero-order chi connectivity index (χ0) is 39.5. The Morgan fingerprint density at radius 1 is 0.373 bits per heavy atom. The van der Waals surface area contributed by atoms with E-state index < -0.39 is 0 Å². The molecule has 0 atom stereocenters. The molecule has 0 saturated carbocycles. The summed E-state index contributed by atoms with van der Waals surface area (Å²) >= 11 is 0. The van der Waals surface area contributed by atoms with Crippen LogP contribution in [0.4, 0.5) is 34.1 Å². The molecule has 280 valence electrons. The van der Waals surface area contributed by atoms with Gasteiger partial charge in [-0.05, 0) is 91.8 Å². The molecule has 11 rings (SSSR count). The van der Waals surface area contributed by atoms with Gasteiger partial charge < -0.3 is 9.80 Å². The number of para-hydroxylation sites is 1. The van der Waals surface area contributed by atoms with Crippen molar-refractivity contribution < 1.29 is 0 Å². The summed E-state index contributed by atoms with van der Waals surface area (Å²) in [7, 11) is 0. The standard InChI is InChI=1S/C57H42N2/c1-57(2)51-27-12-13-28-54(51)59(55-38-44(32-35-52(55)57)39-16-4-3-5-17-39)56-49-26-11-9-20-42(49)31-34-50(56)45-23-14-24-46(37-45)58(47-33-30-40-18-6-7-21-43(40)36-47)53-29-15-22-41-19-8-10-25-48(41)53/h3-38H,1-2H3. The van der Waals surface area contributed by atoms with E-state index >= 15 is 0 Å². The molecule has 0 saturated heterocycles. The number of rotatable bonds is 6. The second-order valence-corrected chi connectivity index (χ2v) is 16.2. The molecule has 59 heavy (non-hydrogen) atoms. The third-order valence-corrected chi connectivity index (χ3v) is 12.4. The van der Waals surface area contributed by atoms with E-state index in [9.17, 15) is 0 Å². The molecule has 10 aromatic carbocycles. The van der Waals surface area contributed by atoms with E-state index in [0.717, 1.165) is 22.6 Å². The van der Waals surface area contributed by atoms with Crippen LogP contribution < -0.4 is 9.80 Å². The molecule has 0 aromatic heterocycles. The van der Waals surface area contributed by atoms with Crippen LogP contribution in [0.2, 0.25) is 0 Å². The van der Waals surface area contributed by atoms with Crippen molar-refractivity contribution >= 4 is 66.4 Å². The van der Waals surface area contributed by atoms with E-state index in [1.807, 2.05) is 0 Å². The number of fused-ring (bicyclic) bond motifs is 5. The van der Waals surface area contributed by atoms with Crippen molar-refractivity contribution in [1.82, 2.24) is 0 Å². The molecular weight excluding hydrogens is 713 g/mol. The van der Waals surface area contributed by atoms with Gasteiger partial charge in [-0.2, -0.15) is 0 Å². The summed E-state index contributed by atoms with van der Waals surface area (Å²) in [5, 5.41) is 7.27. The summed E-state index contributed by atoms with van der Waals surface area (Å²) in [4.78, 5) is 4.98. The highest BCUT2D eigenvalue weighted by molar-refractivity contribution is 6.08. The van der Waals surface area contributed by atoms with Crippen LogP contribution in [-0.4, -0.2) is 0 Å². The Morgan fingerprint density at radius 3 is 1.83 bits per heavy atom. The minimum atomic E-state index is -0.207. The van der Waals surface area contributed by atoms with Crippen LogP contribution in [0, 0.1) is 0 Å². The second kappa shape index (κ2) is 13.9. The van der Waals surface area contributed by atoms with Crippen LogP contribution in [0.3, 0.4) is 0 Å². The summed E-state index contributed by atoms with van der Waals surface area (Å²) in [6.45, 7) is 4.73. The van der Waals surface area contributed by atoms with Gasteiger partial charge in [0.1, 0.15) is 0 Å². The molecule has 0 spiro atoms. The van der Waals surface area contributed by atoms with Gasteiger partial charge in [-0.1, -0.05) is 190 Å². The number of hydrogen-bond donors (Lipinski definition) is 0. The zero-order valence-corrected chi connectivity index (χ0v) is 33.2. The SMILES string of the molecule is CC1(C)c2ccccc2N(c2c(-c3cccc(N(c4ccc5ccccc5c4)c4cccc5ccccc45)c3)ccc3ccccc23)c2cc(-c3ccccc3)ccc21. The molecule has 0 fully saturated rings. The maximum Gasteiger partial charge on any atom is 0.0618 e. The first kappa shape index (κ1) is 34.8. The van der Waals surface area contributed by atoms with Gasteiger partial charge in [0.25, 0.3) is 0 Å². The quantitative estimate of drug-likeness (QED) is 0.167. The topological polar surface area (TPSA) is 6.48 Å². The molecule has 2 nitrogen and oxygen atoms in total. The van der Waals surface area contributed by atoms with Crippen LogP contribution in [0.5, 0.6) is 0 Å². The highest BCUT2D eigenvalue weighted by atomic mass is 15.2. The predicted octanol–water partition coefficient (Wildman–Crippen LogP) is 16.1. The largest absolute Gasteiger partial charge is 0.310 e. The molecule has 10 aromatic rings. The monoisotopic (exact) mass is 754 g/mol. The molecule has 0 aliphatic carbocycles. The van der Waals surface area contributed by atoms with Gasteiger partial charge in [-0.15, -0.1) is 0 Å². The van der Waals surface area contributed by atoms with Gasteiger partial charge in [0.2, 0.25) is 0 Å². The van der Waals surface area contributed by atoms with Gasteiger partial charge in [-0.25, -0.2) is 0 Å². The fourth-order valence-electron chi connectivity index (χ4n) is 9.46. The summed E-state index contributed by atoms with van der Waals surface area (Å²) in [6.07, 6.45) is 0. The number of nitrogens with zero attached hydrogens (tertiary/aromatic N) is 2. The van der Waals surface area contributed by atoms with Crippen molar-refractivity contribution in [3.05, 3.63) is 230 Å². The maximum absolute atomic E-state index is 2.55. The van der Waals surface area contributed by atoms with E-state index in [4.69, 9.17) is 0 Å². The third-order valence-electron chi connectivity index (χ3n) is 12.4. The Balaban J connectivity index is 1.17. The molecule has 0 unspecified atom stereocenters. The van der Waals surface area contributed by atoms with Gasteiger partial charge in [-0.3, -0.25) is 0 Å². The van der Waals surface area contributed by atoms with Crippen LogP contribution in [0.25, 0.3) is 54.6 Å². The van der Waals surface area contributed by atoms with Gasteiger partial charge >= 0.3 is 0 Å². The fraction of sp³-hybridized carbons (Fsp3) is 0.0526. The van der Waals surface area contributed by atoms with Crippen LogP contribution in [-0.2, 0) is 5.41 Å². The number of anilines is 6. The molecule has 0 amide bonds. The van der Waals surface area contributed by atoms with Crippen molar-refractivity contribution in [2.75, 3.05) is 9.80 Å². The van der Waals surface area contributed by atoms with Crippen LogP contribution in [0.15, 0.2) is 218 Å². The fourth-order valence-corrected chi connectivity index (χ4v) is 9.46. The zero-order valence-electron chi connectivity index (χ0n) is 33.2. The highest BCUT2D eigenvalue weighted by Crippen LogP contribution is 2.56. The Bertz CT molecular complexity index is 3210. The van der Waals surface area contributed by atoms with Crippen LogP contribution in [0.1, 0.15) is 25.0 Å². The van der Waals surface area contributed by atoms with Crippen molar-refractivity contribution in [2.45, 2.75) is 19.3 Å². The Hall–Kier alpha value is -7.42. The maximum atomic E-state index is 2.55. The molecule has 0 N–H and O–H groups in total. The lowest BCUT2D eigenvalue weighted by Crippen LogP contribution is -2.31. The second-order valence-electron chi connectivity index (χ2n) is 16.2. The third kappa shape index (κ3) is 5.79. The average Bonchev–Trinajstić information content (AvgIpc) is 3.29. The lowest BCUT2D eigenvalue weighted by atomic mass is 9.73. The lowest BCUT2D eigenvalue weighted by Gasteiger charge is -2.43. The first-order valence-electron chi connectivity index (χ1n) is 20.5. The smallest absolute Gasteiger partial charge is 0.0618 e. The van der Waals surface area contributed by atoms with E-state index in [2.05, 4.69) is 242 Å². The first-order valence-corrected chi connectivity index (χ1v) is 20.5. The predicted molar refractivity (Wildman–Crippen MR) is 251 cm³/mol. The molecular formula is C57H42N2. The number of hydrogen-bond acceptors (Lipinski definition) is 2.